The molecule has 0 radical (unpaired) electrons. The maximum atomic E-state index is 13.4. The summed E-state index contributed by atoms with van der Waals surface area (Å²) < 4.78 is 32.5. The molecule has 15 heteroatoms. The molecule has 3 rings (SSSR count). The van der Waals surface area contributed by atoms with Crippen molar-refractivity contribution in [1.29, 1.82) is 0 Å². The van der Waals surface area contributed by atoms with Gasteiger partial charge in [0.2, 0.25) is 12.3 Å². The van der Waals surface area contributed by atoms with E-state index in [0.717, 1.165) is 17.9 Å². The summed E-state index contributed by atoms with van der Waals surface area (Å²) in [5, 5.41) is 6.16. The molecule has 0 fully saturated rings. The molecule has 0 saturated carbocycles. The van der Waals surface area contributed by atoms with Gasteiger partial charge in [-0.3, -0.25) is 14.4 Å². The van der Waals surface area contributed by atoms with Crippen LogP contribution in [0.3, 0.4) is 0 Å². The second-order valence-electron chi connectivity index (χ2n) is 10.5. The number of benzene rings is 2. The Balaban J connectivity index is 1.68. The van der Waals surface area contributed by atoms with Crippen LogP contribution in [0.5, 0.6) is 17.2 Å². The summed E-state index contributed by atoms with van der Waals surface area (Å²) in [6, 6.07) is 13.0. The number of unbranched alkanes of at least 4 members (excludes halogenated alkanes) is 2. The smallest absolute Gasteiger partial charge is 0.365 e. The molecule has 0 spiro atoms. The first kappa shape index (κ1) is 37.6. The van der Waals surface area contributed by atoms with Crippen LogP contribution in [0.4, 0.5) is 0 Å². The minimum atomic E-state index is -3.27. The van der Waals surface area contributed by atoms with E-state index in [2.05, 4.69) is 10.6 Å². The van der Waals surface area contributed by atoms with Crippen LogP contribution in [0.2, 0.25) is 0 Å². The highest BCUT2D eigenvalue weighted by atomic mass is 31.1. The van der Waals surface area contributed by atoms with Crippen LogP contribution in [0.25, 0.3) is 11.3 Å². The molecule has 0 saturated heterocycles. The highest BCUT2D eigenvalue weighted by Crippen LogP contribution is 2.34. The lowest BCUT2D eigenvalue weighted by atomic mass is 9.90. The Labute approximate surface area is 279 Å². The summed E-state index contributed by atoms with van der Waals surface area (Å²) in [6.07, 6.45) is 3.56. The fourth-order valence-corrected chi connectivity index (χ4v) is 5.29. The van der Waals surface area contributed by atoms with E-state index in [0.29, 0.717) is 49.3 Å². The maximum absolute atomic E-state index is 13.4. The minimum absolute atomic E-state index is 0.0530. The predicted octanol–water partition coefficient (Wildman–Crippen LogP) is 5.12. The van der Waals surface area contributed by atoms with Gasteiger partial charge in [0.15, 0.2) is 5.76 Å². The third kappa shape index (κ3) is 10.9. The van der Waals surface area contributed by atoms with Gasteiger partial charge in [0.25, 0.3) is 5.91 Å². The van der Waals surface area contributed by atoms with Crippen LogP contribution in [0.15, 0.2) is 59.0 Å². The van der Waals surface area contributed by atoms with Crippen LogP contribution in [-0.4, -0.2) is 60.6 Å². The summed E-state index contributed by atoms with van der Waals surface area (Å²) in [4.78, 5) is 65.8. The van der Waals surface area contributed by atoms with E-state index in [1.807, 2.05) is 6.92 Å². The quantitative estimate of drug-likeness (QED) is 0.0471. The van der Waals surface area contributed by atoms with Gasteiger partial charge in [-0.1, -0.05) is 33.1 Å². The lowest BCUT2D eigenvalue weighted by molar-refractivity contribution is -0.171. The highest BCUT2D eigenvalue weighted by Gasteiger charge is 2.33. The number of methoxy groups -OCH3 is 1. The Morgan fingerprint density at radius 1 is 0.979 bits per heavy atom. The van der Waals surface area contributed by atoms with Crippen molar-refractivity contribution in [2.75, 3.05) is 20.4 Å². The van der Waals surface area contributed by atoms with E-state index in [9.17, 15) is 28.6 Å². The van der Waals surface area contributed by atoms with Gasteiger partial charge in [0, 0.05) is 11.6 Å². The number of hydroxylamine groups is 2. The Morgan fingerprint density at radius 2 is 1.71 bits per heavy atom. The van der Waals surface area contributed by atoms with Crippen molar-refractivity contribution in [1.82, 2.24) is 15.7 Å². The summed E-state index contributed by atoms with van der Waals surface area (Å²) in [5.41, 5.74) is 0.644. The van der Waals surface area contributed by atoms with Crippen molar-refractivity contribution in [2.45, 2.75) is 58.9 Å². The van der Waals surface area contributed by atoms with E-state index < -0.39 is 38.0 Å². The molecule has 0 aliphatic carbocycles. The van der Waals surface area contributed by atoms with Gasteiger partial charge in [-0.2, -0.15) is 5.06 Å². The van der Waals surface area contributed by atoms with Crippen LogP contribution < -0.4 is 24.6 Å². The minimum Gasteiger partial charge on any atom is -0.497 e. The SMILES string of the molecule is CCCCCC(C(=O)NCNC(=O)c1ccc(-c2cc(OCC)cc(O[PH](=O)O)c2)o1)C(CC)N(C=O)OC(=O)c1ccc(OC)cc1. The number of nitrogens with zero attached hydrogens (tertiary/aromatic N) is 1. The average molecular weight is 688 g/mol. The topological polar surface area (TPSA) is 183 Å². The van der Waals surface area contributed by atoms with Crippen molar-refractivity contribution in [3.63, 3.8) is 0 Å². The van der Waals surface area contributed by atoms with Gasteiger partial charge in [-0.15, -0.1) is 0 Å². The van der Waals surface area contributed by atoms with Crippen molar-refractivity contribution in [2.24, 2.45) is 5.92 Å². The number of rotatable bonds is 20. The normalized spacial score (nSPS) is 12.6. The maximum Gasteiger partial charge on any atom is 0.365 e. The van der Waals surface area contributed by atoms with Crippen LogP contribution in [0, 0.1) is 5.92 Å². The van der Waals surface area contributed by atoms with Crippen molar-refractivity contribution in [3.8, 4) is 28.6 Å². The van der Waals surface area contributed by atoms with E-state index >= 15 is 0 Å². The molecule has 0 aliphatic rings. The van der Waals surface area contributed by atoms with Crippen LogP contribution >= 0.6 is 8.25 Å². The summed E-state index contributed by atoms with van der Waals surface area (Å²) in [7, 11) is -1.77. The van der Waals surface area contributed by atoms with Crippen molar-refractivity contribution < 1.29 is 51.9 Å². The molecule has 3 unspecified atom stereocenters. The third-order valence-corrected chi connectivity index (χ3v) is 7.72. The number of hydrogen-bond acceptors (Lipinski definition) is 10. The first-order valence-electron chi connectivity index (χ1n) is 15.6. The van der Waals surface area contributed by atoms with E-state index in [4.69, 9.17) is 23.3 Å². The summed E-state index contributed by atoms with van der Waals surface area (Å²) >= 11 is 0. The molecule has 14 nitrogen and oxygen atoms in total. The lowest BCUT2D eigenvalue weighted by Crippen LogP contribution is -2.49. The van der Waals surface area contributed by atoms with Gasteiger partial charge >= 0.3 is 14.2 Å². The fraction of sp³-hybridized carbons (Fsp3) is 0.394. The number of carbonyl (C=O) groups excluding carboxylic acids is 4. The Hall–Kier alpha value is -4.81. The second-order valence-corrected chi connectivity index (χ2v) is 11.3. The van der Waals surface area contributed by atoms with Gasteiger partial charge in [-0.05, 0) is 68.3 Å². The largest absolute Gasteiger partial charge is 0.497 e. The molecule has 0 aliphatic heterocycles. The number of nitrogens with one attached hydrogen (secondary N) is 2. The molecular formula is C33H42N3O11P. The number of furan rings is 1. The van der Waals surface area contributed by atoms with Gasteiger partial charge in [-0.25, -0.2) is 9.36 Å². The monoisotopic (exact) mass is 687 g/mol. The molecule has 1 aromatic heterocycles. The number of carbonyl (C=O) groups is 4. The third-order valence-electron chi connectivity index (χ3n) is 7.31. The highest BCUT2D eigenvalue weighted by molar-refractivity contribution is 7.32. The summed E-state index contributed by atoms with van der Waals surface area (Å²) in [5.74, 6) is -1.32. The first-order chi connectivity index (χ1) is 23.1. The Morgan fingerprint density at radius 3 is 2.33 bits per heavy atom. The number of hydrogen-bond donors (Lipinski definition) is 3. The Kier molecular flexibility index (Phi) is 15.0. The standard InChI is InChI=1S/C33H42N3O11P/c1-5-8-9-10-27(28(6-2)36(21-37)46-33(40)22-11-13-24(43-4)14-12-22)31(38)34-20-35-32(39)30-16-15-29(45-30)23-17-25(44-7-3)19-26(18-23)47-48(41)42/h11-19,21,27-28,48H,5-10,20H2,1-4H3,(H,34,38)(H,35,39)(H,41,42). The Bertz CT molecular complexity index is 1540. The zero-order chi connectivity index (χ0) is 35.1. The fourth-order valence-electron chi connectivity index (χ4n) is 4.97. The van der Waals surface area contributed by atoms with E-state index in [-0.39, 0.29) is 29.5 Å². The zero-order valence-electron chi connectivity index (χ0n) is 27.4. The van der Waals surface area contributed by atoms with Crippen LogP contribution in [0.1, 0.15) is 73.8 Å². The van der Waals surface area contributed by atoms with Crippen molar-refractivity contribution >= 4 is 32.4 Å². The van der Waals surface area contributed by atoms with Gasteiger partial charge in [0.05, 0.1) is 37.9 Å². The molecule has 260 valence electrons. The molecule has 0 bridgehead atoms. The molecule has 3 N–H and O–H groups in total. The first-order valence-corrected chi connectivity index (χ1v) is 16.8. The predicted molar refractivity (Wildman–Crippen MR) is 176 cm³/mol. The molecule has 48 heavy (non-hydrogen) atoms. The average Bonchev–Trinajstić information content (AvgIpc) is 3.58. The van der Waals surface area contributed by atoms with E-state index in [1.54, 1.807) is 38.1 Å². The van der Waals surface area contributed by atoms with Gasteiger partial charge in [0.1, 0.15) is 23.0 Å². The zero-order valence-corrected chi connectivity index (χ0v) is 28.4. The molecule has 3 atom stereocenters. The molecular weight excluding hydrogens is 645 g/mol. The molecule has 3 aromatic rings. The number of ether oxygens (including phenoxy) is 2. The van der Waals surface area contributed by atoms with Crippen molar-refractivity contribution in [3.05, 3.63) is 65.9 Å². The number of amides is 3. The summed E-state index contributed by atoms with van der Waals surface area (Å²) in [6.45, 7) is 5.68. The molecule has 3 amide bonds. The second kappa shape index (κ2) is 19.1. The lowest BCUT2D eigenvalue weighted by Gasteiger charge is -2.31. The van der Waals surface area contributed by atoms with Gasteiger partial charge < -0.3 is 38.8 Å². The molecule has 1 heterocycles. The van der Waals surface area contributed by atoms with E-state index in [1.165, 1.54) is 37.4 Å². The molecule has 2 aromatic carbocycles. The van der Waals surface area contributed by atoms with Crippen LogP contribution in [-0.2, 0) is 19.0 Å².